The highest BCUT2D eigenvalue weighted by Gasteiger charge is 2.17. The standard InChI is InChI=1S/C11H10BrNO5/c1-2-18-11(15)10(14)6-7-8(12)4-3-5-9(7)13(16)17/h3-6,14H,2H2,1H3. The van der Waals surface area contributed by atoms with Crippen LogP contribution in [0.1, 0.15) is 12.5 Å². The Balaban J connectivity index is 3.21. The fraction of sp³-hybridized carbons (Fsp3) is 0.182. The number of nitro benzene ring substituents is 1. The number of aliphatic hydroxyl groups is 1. The number of hydrogen-bond acceptors (Lipinski definition) is 5. The van der Waals surface area contributed by atoms with Gasteiger partial charge >= 0.3 is 5.97 Å². The Kier molecular flexibility index (Phi) is 4.85. The molecule has 0 spiro atoms. The Morgan fingerprint density at radius 1 is 1.61 bits per heavy atom. The first-order chi connectivity index (χ1) is 8.47. The summed E-state index contributed by atoms with van der Waals surface area (Å²) in [4.78, 5) is 21.4. The molecule has 1 aromatic carbocycles. The Labute approximate surface area is 111 Å². The summed E-state index contributed by atoms with van der Waals surface area (Å²) < 4.78 is 4.97. The molecule has 0 aliphatic carbocycles. The van der Waals surface area contributed by atoms with E-state index in [4.69, 9.17) is 0 Å². The largest absolute Gasteiger partial charge is 0.502 e. The van der Waals surface area contributed by atoms with Crippen molar-refractivity contribution in [3.8, 4) is 0 Å². The van der Waals surface area contributed by atoms with E-state index in [2.05, 4.69) is 20.7 Å². The van der Waals surface area contributed by atoms with Gasteiger partial charge in [-0.3, -0.25) is 10.1 Å². The fourth-order valence-electron chi connectivity index (χ4n) is 1.23. The molecule has 7 heteroatoms. The van der Waals surface area contributed by atoms with Crippen LogP contribution in [0.2, 0.25) is 0 Å². The predicted octanol–water partition coefficient (Wildman–Crippen LogP) is 2.82. The fourth-order valence-corrected chi connectivity index (χ4v) is 1.70. The second-order valence-corrected chi connectivity index (χ2v) is 4.03. The van der Waals surface area contributed by atoms with E-state index < -0.39 is 16.7 Å². The van der Waals surface area contributed by atoms with Crippen molar-refractivity contribution < 1.29 is 19.6 Å². The van der Waals surface area contributed by atoms with Gasteiger partial charge in [-0.05, 0) is 28.9 Å². The molecule has 0 heterocycles. The lowest BCUT2D eigenvalue weighted by Crippen LogP contribution is -2.07. The van der Waals surface area contributed by atoms with Crippen molar-refractivity contribution in [1.29, 1.82) is 0 Å². The molecule has 0 aromatic heterocycles. The number of nitrogens with zero attached hydrogens (tertiary/aromatic N) is 1. The van der Waals surface area contributed by atoms with Gasteiger partial charge in [0.1, 0.15) is 0 Å². The zero-order valence-corrected chi connectivity index (χ0v) is 11.0. The van der Waals surface area contributed by atoms with Gasteiger partial charge in [-0.15, -0.1) is 0 Å². The van der Waals surface area contributed by atoms with Crippen LogP contribution in [0, 0.1) is 10.1 Å². The normalized spacial score (nSPS) is 11.1. The van der Waals surface area contributed by atoms with Crippen LogP contribution in [0.25, 0.3) is 6.08 Å². The van der Waals surface area contributed by atoms with Gasteiger partial charge < -0.3 is 9.84 Å². The summed E-state index contributed by atoms with van der Waals surface area (Å²) in [6.07, 6.45) is 1.00. The van der Waals surface area contributed by atoms with Gasteiger partial charge in [0.05, 0.1) is 17.1 Å². The Morgan fingerprint density at radius 3 is 2.83 bits per heavy atom. The Morgan fingerprint density at radius 2 is 2.28 bits per heavy atom. The molecule has 0 amide bonds. The third-order valence-corrected chi connectivity index (χ3v) is 2.68. The lowest BCUT2D eigenvalue weighted by molar-refractivity contribution is -0.385. The summed E-state index contributed by atoms with van der Waals surface area (Å²) in [7, 11) is 0. The summed E-state index contributed by atoms with van der Waals surface area (Å²) in [6, 6.07) is 4.33. The number of hydrogen-bond donors (Lipinski definition) is 1. The molecule has 0 radical (unpaired) electrons. The van der Waals surface area contributed by atoms with Crippen LogP contribution < -0.4 is 0 Å². The molecule has 0 bridgehead atoms. The van der Waals surface area contributed by atoms with Crippen LogP contribution in [-0.4, -0.2) is 22.6 Å². The highest BCUT2D eigenvalue weighted by molar-refractivity contribution is 9.10. The topological polar surface area (TPSA) is 89.7 Å². The lowest BCUT2D eigenvalue weighted by Gasteiger charge is -2.03. The van der Waals surface area contributed by atoms with Gasteiger partial charge in [0.25, 0.3) is 5.69 Å². The van der Waals surface area contributed by atoms with Crippen molar-refractivity contribution in [3.63, 3.8) is 0 Å². The van der Waals surface area contributed by atoms with E-state index in [9.17, 15) is 20.0 Å². The van der Waals surface area contributed by atoms with Crippen LogP contribution in [0.15, 0.2) is 28.4 Å². The van der Waals surface area contributed by atoms with Gasteiger partial charge in [0.15, 0.2) is 0 Å². The smallest absolute Gasteiger partial charge is 0.373 e. The molecule has 0 aliphatic heterocycles. The summed E-state index contributed by atoms with van der Waals surface area (Å²) in [5, 5.41) is 20.3. The van der Waals surface area contributed by atoms with Crippen LogP contribution >= 0.6 is 15.9 Å². The number of rotatable bonds is 4. The monoisotopic (exact) mass is 315 g/mol. The molecule has 0 unspecified atom stereocenters. The molecule has 0 saturated heterocycles. The first-order valence-electron chi connectivity index (χ1n) is 4.98. The maximum absolute atomic E-state index is 11.2. The van der Waals surface area contributed by atoms with Crippen LogP contribution in [0.4, 0.5) is 5.69 Å². The van der Waals surface area contributed by atoms with E-state index in [0.29, 0.717) is 4.47 Å². The van der Waals surface area contributed by atoms with Crippen LogP contribution in [-0.2, 0) is 9.53 Å². The molecule has 6 nitrogen and oxygen atoms in total. The molecule has 0 aliphatic rings. The third-order valence-electron chi connectivity index (χ3n) is 1.99. The van der Waals surface area contributed by atoms with E-state index in [1.807, 2.05) is 0 Å². The average molecular weight is 316 g/mol. The molecule has 0 fully saturated rings. The zero-order valence-electron chi connectivity index (χ0n) is 9.42. The lowest BCUT2D eigenvalue weighted by atomic mass is 10.1. The summed E-state index contributed by atoms with van der Waals surface area (Å²) in [6.45, 7) is 1.70. The van der Waals surface area contributed by atoms with E-state index >= 15 is 0 Å². The number of halogens is 1. The van der Waals surface area contributed by atoms with Crippen molar-refractivity contribution in [2.24, 2.45) is 0 Å². The minimum Gasteiger partial charge on any atom is -0.502 e. The van der Waals surface area contributed by atoms with Crippen LogP contribution in [0.5, 0.6) is 0 Å². The van der Waals surface area contributed by atoms with Crippen molar-refractivity contribution in [3.05, 3.63) is 44.1 Å². The minimum absolute atomic E-state index is 0.105. The molecule has 1 rings (SSSR count). The third kappa shape index (κ3) is 3.30. The number of ether oxygens (including phenoxy) is 1. The maximum Gasteiger partial charge on any atom is 0.373 e. The number of esters is 1. The van der Waals surface area contributed by atoms with Gasteiger partial charge in [0, 0.05) is 16.6 Å². The van der Waals surface area contributed by atoms with Gasteiger partial charge in [-0.25, -0.2) is 4.79 Å². The summed E-state index contributed by atoms with van der Waals surface area (Å²) >= 11 is 3.12. The number of nitro groups is 1. The molecule has 18 heavy (non-hydrogen) atoms. The number of aliphatic hydroxyl groups excluding tert-OH is 1. The van der Waals surface area contributed by atoms with E-state index in [0.717, 1.165) is 6.08 Å². The molecule has 96 valence electrons. The van der Waals surface area contributed by atoms with Crippen LogP contribution in [0.3, 0.4) is 0 Å². The first kappa shape index (κ1) is 14.2. The van der Waals surface area contributed by atoms with Gasteiger partial charge in [-0.1, -0.05) is 6.07 Å². The summed E-state index contributed by atoms with van der Waals surface area (Å²) in [5.41, 5.74) is -0.117. The van der Waals surface area contributed by atoms with Crippen molar-refractivity contribution >= 4 is 33.7 Å². The van der Waals surface area contributed by atoms with Crippen molar-refractivity contribution in [2.45, 2.75) is 6.92 Å². The Hall–Kier alpha value is -1.89. The zero-order chi connectivity index (χ0) is 13.7. The minimum atomic E-state index is -0.928. The molecular weight excluding hydrogens is 306 g/mol. The second-order valence-electron chi connectivity index (χ2n) is 3.18. The van der Waals surface area contributed by atoms with E-state index in [-0.39, 0.29) is 17.9 Å². The second kappa shape index (κ2) is 6.15. The summed E-state index contributed by atoms with van der Waals surface area (Å²) in [5.74, 6) is -1.62. The van der Waals surface area contributed by atoms with Gasteiger partial charge in [-0.2, -0.15) is 0 Å². The number of benzene rings is 1. The number of carbonyl (C=O) groups is 1. The Bertz CT molecular complexity index is 512. The van der Waals surface area contributed by atoms with Gasteiger partial charge in [0.2, 0.25) is 5.76 Å². The van der Waals surface area contributed by atoms with E-state index in [1.54, 1.807) is 13.0 Å². The molecule has 0 saturated carbocycles. The van der Waals surface area contributed by atoms with Crippen molar-refractivity contribution in [2.75, 3.05) is 6.61 Å². The predicted molar refractivity (Wildman–Crippen MR) is 68.0 cm³/mol. The molecule has 1 aromatic rings. The number of carbonyl (C=O) groups excluding carboxylic acids is 1. The molecule has 1 N–H and O–H groups in total. The molecular formula is C11H10BrNO5. The van der Waals surface area contributed by atoms with Crippen molar-refractivity contribution in [1.82, 2.24) is 0 Å². The average Bonchev–Trinajstić information content (AvgIpc) is 2.31. The highest BCUT2D eigenvalue weighted by Crippen LogP contribution is 2.28. The van der Waals surface area contributed by atoms with E-state index in [1.165, 1.54) is 12.1 Å². The quantitative estimate of drug-likeness (QED) is 0.303. The maximum atomic E-state index is 11.2. The highest BCUT2D eigenvalue weighted by atomic mass is 79.9. The SMILES string of the molecule is CCOC(=O)C(O)=Cc1c(Br)cccc1[N+](=O)[O-]. The first-order valence-corrected chi connectivity index (χ1v) is 5.77. The molecule has 0 atom stereocenters.